The van der Waals surface area contributed by atoms with Gasteiger partial charge in [-0.05, 0) is 0 Å². The van der Waals surface area contributed by atoms with Crippen molar-refractivity contribution in [3.8, 4) is 0 Å². The minimum absolute atomic E-state index is 1.93. The Balaban J connectivity index is 6.00. The van der Waals surface area contributed by atoms with Crippen LogP contribution in [0.4, 0.5) is 17.6 Å². The summed E-state index contributed by atoms with van der Waals surface area (Å²) in [7, 11) is 0. The highest BCUT2D eigenvalue weighted by Crippen LogP contribution is 2.31. The van der Waals surface area contributed by atoms with Gasteiger partial charge in [-0.2, -0.15) is 0 Å². The molecule has 0 aliphatic heterocycles. The van der Waals surface area contributed by atoms with E-state index in [-0.39, 0.29) is 0 Å². The van der Waals surface area contributed by atoms with Crippen molar-refractivity contribution in [2.24, 2.45) is 0 Å². The largest absolute Gasteiger partial charge is 0.514 e. The molecule has 0 heterocycles. The summed E-state index contributed by atoms with van der Waals surface area (Å²) in [6, 6.07) is -9.92. The van der Waals surface area contributed by atoms with E-state index < -0.39 is 57.9 Å². The number of aliphatic carboxylic acids is 2. The maximum Gasteiger partial charge on any atom is 0.514 e. The van der Waals surface area contributed by atoms with Gasteiger partial charge >= 0.3 is 24.0 Å². The normalized spacial score (nSPS) is 13.3. The molecule has 22 heavy (non-hydrogen) atoms. The predicted molar refractivity (Wildman–Crippen MR) is 55.4 cm³/mol. The van der Waals surface area contributed by atoms with Crippen LogP contribution < -0.4 is 0 Å². The van der Waals surface area contributed by atoms with Gasteiger partial charge in [-0.3, -0.25) is 20.2 Å². The molecule has 0 unspecified atom stereocenters. The zero-order valence-corrected chi connectivity index (χ0v) is 10.2. The van der Waals surface area contributed by atoms with E-state index in [2.05, 4.69) is 0 Å². The van der Waals surface area contributed by atoms with Crippen LogP contribution in [0, 0.1) is 20.2 Å². The highest BCUT2D eigenvalue weighted by Gasteiger charge is 2.50. The summed E-state index contributed by atoms with van der Waals surface area (Å²) in [6.45, 7) is 0. The second-order valence-corrected chi connectivity index (χ2v) is 3.77. The van der Waals surface area contributed by atoms with E-state index in [0.29, 0.717) is 0 Å². The van der Waals surface area contributed by atoms with Gasteiger partial charge in [-0.25, -0.2) is 9.59 Å². The summed E-state index contributed by atoms with van der Waals surface area (Å²) in [6.07, 6.45) is -4.66. The van der Waals surface area contributed by atoms with Crippen molar-refractivity contribution in [2.75, 3.05) is 0 Å². The van der Waals surface area contributed by atoms with Gasteiger partial charge in [0.05, 0.1) is 21.0 Å². The third-order valence-electron chi connectivity index (χ3n) is 2.19. The Bertz CT molecular complexity index is 510. The molecule has 0 aromatic heterocycles. The second-order valence-electron chi connectivity index (χ2n) is 3.77. The number of nitrogens with zero attached hydrogens (tertiary/aromatic N) is 2. The average Bonchev–Trinajstić information content (AvgIpc) is 2.32. The van der Waals surface area contributed by atoms with Crippen LogP contribution in [0.1, 0.15) is 12.8 Å². The van der Waals surface area contributed by atoms with Crippen LogP contribution in [0.25, 0.3) is 0 Å². The van der Waals surface area contributed by atoms with Crippen LogP contribution >= 0.6 is 0 Å². The molecule has 0 rings (SSSR count). The van der Waals surface area contributed by atoms with Crippen LogP contribution in [-0.2, 0) is 9.59 Å². The third kappa shape index (κ3) is 4.64. The van der Waals surface area contributed by atoms with Crippen LogP contribution in [0.5, 0.6) is 0 Å². The smallest absolute Gasteiger partial charge is 0.478 e. The fraction of sp³-hybridized carbons (Fsp3) is 0.500. The molecule has 0 saturated heterocycles. The molecule has 14 heteroatoms. The Morgan fingerprint density at radius 2 is 1.05 bits per heavy atom. The summed E-state index contributed by atoms with van der Waals surface area (Å²) < 4.78 is 51.4. The van der Waals surface area contributed by atoms with E-state index in [1.165, 1.54) is 0 Å². The summed E-state index contributed by atoms with van der Waals surface area (Å²) in [5.74, 6) is -4.92. The molecule has 0 aliphatic rings. The first kappa shape index (κ1) is 19.2. The fourth-order valence-electron chi connectivity index (χ4n) is 1.18. The summed E-state index contributed by atoms with van der Waals surface area (Å²) in [5.41, 5.74) is -3.87. The van der Waals surface area contributed by atoms with Gasteiger partial charge in [0.25, 0.3) is 0 Å². The predicted octanol–water partition coefficient (Wildman–Crippen LogP) is 0.971. The van der Waals surface area contributed by atoms with Crippen LogP contribution in [0.2, 0.25) is 0 Å². The van der Waals surface area contributed by atoms with Crippen molar-refractivity contribution in [2.45, 2.75) is 24.9 Å². The first-order valence-electron chi connectivity index (χ1n) is 4.95. The molecule has 0 aromatic carbocycles. The lowest BCUT2D eigenvalue weighted by atomic mass is 10.0. The zero-order chi connectivity index (χ0) is 17.9. The van der Waals surface area contributed by atoms with E-state index in [9.17, 15) is 47.4 Å². The monoisotopic (exact) mass is 334 g/mol. The first-order valence-corrected chi connectivity index (χ1v) is 4.95. The zero-order valence-electron chi connectivity index (χ0n) is 10.2. The number of alkyl halides is 4. The van der Waals surface area contributed by atoms with E-state index in [4.69, 9.17) is 10.2 Å². The molecule has 10 nitrogen and oxygen atoms in total. The molecular weight excluding hydrogens is 328 g/mol. The Morgan fingerprint density at radius 1 is 0.818 bits per heavy atom. The molecule has 2 N–H and O–H groups in total. The maximum atomic E-state index is 12.9. The highest BCUT2D eigenvalue weighted by molar-refractivity contribution is 5.98. The number of hydrogen-bond acceptors (Lipinski definition) is 6. The lowest BCUT2D eigenvalue weighted by Crippen LogP contribution is -2.33. The summed E-state index contributed by atoms with van der Waals surface area (Å²) in [5, 5.41) is 37.2. The van der Waals surface area contributed by atoms with Gasteiger partial charge in [-0.1, -0.05) is 0 Å². The number of carbonyl (C=O) groups is 2. The van der Waals surface area contributed by atoms with E-state index in [1.54, 1.807) is 0 Å². The van der Waals surface area contributed by atoms with Crippen LogP contribution in [-0.4, -0.2) is 44.1 Å². The Kier molecular flexibility index (Phi) is 5.51. The lowest BCUT2D eigenvalue weighted by Gasteiger charge is -2.13. The third-order valence-corrected chi connectivity index (χ3v) is 2.19. The molecule has 124 valence electrons. The number of carboxylic acid groups (broad SMARTS) is 2. The topological polar surface area (TPSA) is 161 Å². The highest BCUT2D eigenvalue weighted by atomic mass is 19.3. The fourth-order valence-corrected chi connectivity index (χ4v) is 1.18. The molecule has 0 saturated carbocycles. The molecule has 0 bridgehead atoms. The molecule has 0 atom stereocenters. The summed E-state index contributed by atoms with van der Waals surface area (Å²) >= 11 is 0. The molecule has 0 amide bonds. The molecule has 0 aromatic rings. The molecule has 0 aliphatic carbocycles. The number of halogens is 4. The van der Waals surface area contributed by atoms with Gasteiger partial charge in [0.1, 0.15) is 12.8 Å². The molecule has 0 spiro atoms. The maximum absolute atomic E-state index is 12.9. The van der Waals surface area contributed by atoms with Crippen molar-refractivity contribution < 1.29 is 47.2 Å². The van der Waals surface area contributed by atoms with Gasteiger partial charge in [0.2, 0.25) is 0 Å². The van der Waals surface area contributed by atoms with Crippen molar-refractivity contribution in [1.29, 1.82) is 0 Å². The number of hydrogen-bond donors (Lipinski definition) is 2. The Morgan fingerprint density at radius 3 is 1.18 bits per heavy atom. The lowest BCUT2D eigenvalue weighted by molar-refractivity contribution is -0.644. The standard InChI is InChI=1S/C8H6F4N2O8/c9-7(10,13(19)20)1-3(5(15)16)4(6(17)18)2-8(11,12)14(21)22/h1-2H2,(H,15,16)(H,17,18). The van der Waals surface area contributed by atoms with Crippen LogP contribution in [0.3, 0.4) is 0 Å². The number of rotatable bonds is 8. The van der Waals surface area contributed by atoms with Crippen molar-refractivity contribution in [1.82, 2.24) is 0 Å². The van der Waals surface area contributed by atoms with Crippen molar-refractivity contribution >= 4 is 11.9 Å². The Hall–Kier alpha value is -2.80. The quantitative estimate of drug-likeness (QED) is 0.218. The van der Waals surface area contributed by atoms with Crippen molar-refractivity contribution in [3.63, 3.8) is 0 Å². The second kappa shape index (κ2) is 6.31. The SMILES string of the molecule is O=C(O)C(CC(F)(F)[N+](=O)[O-])=C(CC(F)(F)[N+](=O)[O-])C(=O)O. The minimum Gasteiger partial charge on any atom is -0.478 e. The Labute approximate surface area is 116 Å². The van der Waals surface area contributed by atoms with Gasteiger partial charge in [-0.15, -0.1) is 17.6 Å². The minimum atomic E-state index is -4.96. The summed E-state index contributed by atoms with van der Waals surface area (Å²) in [4.78, 5) is 36.9. The van der Waals surface area contributed by atoms with E-state index in [0.717, 1.165) is 0 Å². The van der Waals surface area contributed by atoms with E-state index >= 15 is 0 Å². The van der Waals surface area contributed by atoms with Gasteiger partial charge < -0.3 is 10.2 Å². The number of nitro groups is 2. The number of carboxylic acids is 2. The van der Waals surface area contributed by atoms with E-state index in [1.807, 2.05) is 0 Å². The van der Waals surface area contributed by atoms with Gasteiger partial charge in [0, 0.05) is 0 Å². The van der Waals surface area contributed by atoms with Crippen molar-refractivity contribution in [3.05, 3.63) is 31.4 Å². The van der Waals surface area contributed by atoms with Gasteiger partial charge in [0.15, 0.2) is 0 Å². The molecular formula is C8H6F4N2O8. The molecule has 0 fully saturated rings. The molecule has 0 radical (unpaired) electrons. The van der Waals surface area contributed by atoms with Crippen LogP contribution in [0.15, 0.2) is 11.1 Å². The average molecular weight is 334 g/mol. The first-order chi connectivity index (χ1) is 9.72.